The molecule has 5 aliphatic rings. The Bertz CT molecular complexity index is 1820. The summed E-state index contributed by atoms with van der Waals surface area (Å²) in [7, 11) is -4.31. The molecule has 3 aliphatic heterocycles. The maximum absolute atomic E-state index is 14.2. The fourth-order valence-corrected chi connectivity index (χ4v) is 9.13. The molecular formula is C36H45FN4O8S. The molecule has 14 heteroatoms. The first-order valence-electron chi connectivity index (χ1n) is 17.7. The van der Waals surface area contributed by atoms with E-state index in [1.807, 2.05) is 24.3 Å². The van der Waals surface area contributed by atoms with E-state index in [4.69, 9.17) is 14.2 Å². The van der Waals surface area contributed by atoms with E-state index in [9.17, 15) is 27.2 Å². The first kappa shape index (κ1) is 34.5. The van der Waals surface area contributed by atoms with Crippen LogP contribution >= 0.6 is 0 Å². The lowest BCUT2D eigenvalue weighted by Gasteiger charge is -2.28. The lowest BCUT2D eigenvalue weighted by molar-refractivity contribution is -0.140. The molecule has 1 saturated heterocycles. The van der Waals surface area contributed by atoms with E-state index in [2.05, 4.69) is 28.9 Å². The zero-order valence-electron chi connectivity index (χ0n) is 28.5. The van der Waals surface area contributed by atoms with Gasteiger partial charge in [0.1, 0.15) is 42.3 Å². The molecule has 2 aliphatic carbocycles. The summed E-state index contributed by atoms with van der Waals surface area (Å²) in [6, 6.07) is 4.49. The van der Waals surface area contributed by atoms with Crippen LogP contribution in [0.3, 0.4) is 0 Å². The van der Waals surface area contributed by atoms with Crippen LogP contribution in [0.15, 0.2) is 36.5 Å². The number of alkyl halides is 1. The smallest absolute Gasteiger partial charge is 0.259 e. The van der Waals surface area contributed by atoms with Gasteiger partial charge in [-0.1, -0.05) is 32.4 Å². The number of pyridine rings is 1. The maximum atomic E-state index is 14.2. The number of nitrogens with one attached hydrogen (secondary N) is 2. The van der Waals surface area contributed by atoms with E-state index in [0.29, 0.717) is 41.9 Å². The SMILES string of the molecule is CC[C@H]1CC(=O)N2C[C@H](Oc3nccc4c5c(ccc34)OCCO5)C[C@H]2C(=O)N[C@]2(C(=O)NS(=O)(=O)C3(CF)CC3)CC2/C=C\CC[C@H](C)C1. The van der Waals surface area contributed by atoms with Gasteiger partial charge in [0.05, 0.1) is 6.54 Å². The fourth-order valence-electron chi connectivity index (χ4n) is 7.70. The molecule has 2 saturated carbocycles. The minimum atomic E-state index is -4.31. The zero-order valence-corrected chi connectivity index (χ0v) is 29.3. The maximum Gasteiger partial charge on any atom is 0.259 e. The topological polar surface area (TPSA) is 153 Å². The number of rotatable bonds is 7. The molecule has 12 nitrogen and oxygen atoms in total. The second kappa shape index (κ2) is 13.3. The number of halogens is 1. The molecule has 1 unspecified atom stereocenters. The van der Waals surface area contributed by atoms with Gasteiger partial charge in [-0.15, -0.1) is 0 Å². The molecule has 1 aromatic heterocycles. The number of sulfonamides is 1. The summed E-state index contributed by atoms with van der Waals surface area (Å²) in [6.45, 7) is 4.13. The van der Waals surface area contributed by atoms with Gasteiger partial charge in [0.25, 0.3) is 5.91 Å². The summed E-state index contributed by atoms with van der Waals surface area (Å²) in [5.74, 6) is -0.0546. The van der Waals surface area contributed by atoms with Gasteiger partial charge in [0.2, 0.25) is 27.7 Å². The van der Waals surface area contributed by atoms with Gasteiger partial charge >= 0.3 is 0 Å². The Morgan fingerprint density at radius 1 is 1.16 bits per heavy atom. The third kappa shape index (κ3) is 6.39. The van der Waals surface area contributed by atoms with Gasteiger partial charge in [-0.3, -0.25) is 19.1 Å². The van der Waals surface area contributed by atoms with Crippen LogP contribution in [-0.2, 0) is 24.4 Å². The van der Waals surface area contributed by atoms with Crippen LogP contribution in [0.25, 0.3) is 10.8 Å². The summed E-state index contributed by atoms with van der Waals surface area (Å²) >= 11 is 0. The number of fused-ring (bicyclic) bond motifs is 5. The van der Waals surface area contributed by atoms with Gasteiger partial charge < -0.3 is 24.4 Å². The van der Waals surface area contributed by atoms with E-state index >= 15 is 0 Å². The second-order valence-corrected chi connectivity index (χ2v) is 16.8. The average molecular weight is 713 g/mol. The molecule has 0 spiro atoms. The Labute approximate surface area is 291 Å². The molecule has 1 aromatic carbocycles. The summed E-state index contributed by atoms with van der Waals surface area (Å²) in [4.78, 5) is 48.0. The molecule has 4 heterocycles. The van der Waals surface area contributed by atoms with Crippen molar-refractivity contribution in [3.8, 4) is 17.4 Å². The van der Waals surface area contributed by atoms with Crippen molar-refractivity contribution in [1.82, 2.24) is 19.9 Å². The summed E-state index contributed by atoms with van der Waals surface area (Å²) in [6.07, 6.45) is 8.99. The second-order valence-electron chi connectivity index (χ2n) is 14.7. The summed E-state index contributed by atoms with van der Waals surface area (Å²) < 4.78 is 58.4. The van der Waals surface area contributed by atoms with Gasteiger partial charge in [-0.2, -0.15) is 0 Å². The van der Waals surface area contributed by atoms with Crippen molar-refractivity contribution in [3.05, 3.63) is 36.5 Å². The van der Waals surface area contributed by atoms with Gasteiger partial charge in [-0.25, -0.2) is 17.8 Å². The predicted molar refractivity (Wildman–Crippen MR) is 182 cm³/mol. The lowest BCUT2D eigenvalue weighted by atomic mass is 9.88. The van der Waals surface area contributed by atoms with Gasteiger partial charge in [0, 0.05) is 35.7 Å². The van der Waals surface area contributed by atoms with Crippen LogP contribution in [-0.4, -0.2) is 84.9 Å². The van der Waals surface area contributed by atoms with E-state index in [1.54, 1.807) is 12.3 Å². The van der Waals surface area contributed by atoms with Crippen LogP contribution in [0.2, 0.25) is 0 Å². The van der Waals surface area contributed by atoms with Crippen molar-refractivity contribution in [1.29, 1.82) is 0 Å². The van der Waals surface area contributed by atoms with Crippen LogP contribution in [0.4, 0.5) is 4.39 Å². The molecule has 50 heavy (non-hydrogen) atoms. The minimum absolute atomic E-state index is 0.126. The zero-order chi connectivity index (χ0) is 35.3. The Balaban J connectivity index is 1.17. The third-order valence-corrected chi connectivity index (χ3v) is 13.3. The first-order chi connectivity index (χ1) is 24.0. The molecule has 3 amide bonds. The Morgan fingerprint density at radius 2 is 1.96 bits per heavy atom. The number of aromatic nitrogens is 1. The van der Waals surface area contributed by atoms with Crippen LogP contribution in [0.5, 0.6) is 17.4 Å². The lowest BCUT2D eigenvalue weighted by Crippen LogP contribution is -2.57. The third-order valence-electron chi connectivity index (χ3n) is 11.2. The van der Waals surface area contributed by atoms with Gasteiger partial charge in [0.15, 0.2) is 11.5 Å². The van der Waals surface area contributed by atoms with Crippen molar-refractivity contribution >= 4 is 38.5 Å². The monoisotopic (exact) mass is 712 g/mol. The van der Waals surface area contributed by atoms with Crippen molar-refractivity contribution < 1.29 is 41.4 Å². The molecule has 2 aromatic rings. The molecule has 7 rings (SSSR count). The van der Waals surface area contributed by atoms with Crippen molar-refractivity contribution in [2.24, 2.45) is 17.8 Å². The van der Waals surface area contributed by atoms with Gasteiger partial charge in [-0.05, 0) is 68.6 Å². The number of allylic oxidation sites excluding steroid dienone is 1. The Kier molecular flexibility index (Phi) is 9.19. The Hall–Kier alpha value is -3.94. The molecule has 0 bridgehead atoms. The average Bonchev–Trinajstić information content (AvgIpc) is 4.01. The number of carbonyl (C=O) groups is 3. The van der Waals surface area contributed by atoms with E-state index in [1.165, 1.54) is 4.90 Å². The molecule has 3 fully saturated rings. The summed E-state index contributed by atoms with van der Waals surface area (Å²) in [5.41, 5.74) is -1.54. The highest BCUT2D eigenvalue weighted by atomic mass is 32.2. The summed E-state index contributed by atoms with van der Waals surface area (Å²) in [5, 5.41) is 4.33. The van der Waals surface area contributed by atoms with E-state index < -0.39 is 56.9 Å². The van der Waals surface area contributed by atoms with Crippen molar-refractivity contribution in [2.75, 3.05) is 26.4 Å². The number of ether oxygens (including phenoxy) is 3. The molecule has 6 atom stereocenters. The number of carbonyl (C=O) groups excluding carboxylic acids is 3. The number of hydrogen-bond donors (Lipinski definition) is 2. The molecular weight excluding hydrogens is 667 g/mol. The quantitative estimate of drug-likeness (QED) is 0.406. The van der Waals surface area contributed by atoms with E-state index in [0.717, 1.165) is 31.1 Å². The number of amides is 3. The highest BCUT2D eigenvalue weighted by Gasteiger charge is 2.64. The Morgan fingerprint density at radius 3 is 2.72 bits per heavy atom. The number of nitrogens with zero attached hydrogens (tertiary/aromatic N) is 2. The van der Waals surface area contributed by atoms with Crippen LogP contribution in [0, 0.1) is 17.8 Å². The number of benzene rings is 1. The predicted octanol–water partition coefficient (Wildman–Crippen LogP) is 3.97. The fraction of sp³-hybridized carbons (Fsp3) is 0.611. The molecule has 2 N–H and O–H groups in total. The van der Waals surface area contributed by atoms with Crippen molar-refractivity contribution in [2.45, 2.75) is 94.1 Å². The molecule has 0 radical (unpaired) electrons. The highest BCUT2D eigenvalue weighted by Crippen LogP contribution is 2.48. The number of hydrogen-bond acceptors (Lipinski definition) is 9. The van der Waals surface area contributed by atoms with E-state index in [-0.39, 0.29) is 50.5 Å². The van der Waals surface area contributed by atoms with Crippen LogP contribution < -0.4 is 24.2 Å². The van der Waals surface area contributed by atoms with Crippen LogP contribution in [0.1, 0.15) is 71.6 Å². The largest absolute Gasteiger partial charge is 0.486 e. The highest BCUT2D eigenvalue weighted by molar-refractivity contribution is 7.91. The normalized spacial score (nSPS) is 31.3. The van der Waals surface area contributed by atoms with Crippen molar-refractivity contribution in [3.63, 3.8) is 0 Å². The molecule has 270 valence electrons. The minimum Gasteiger partial charge on any atom is -0.486 e. The first-order valence-corrected chi connectivity index (χ1v) is 19.2. The standard InChI is InChI=1S/C36H45FN4O8S/c1-3-23-16-22(2)6-4-5-7-24-19-36(24,34(44)40-50(45,46)35(21-37)11-12-35)39-32(43)28-18-25(20-41(28)30(42)17-23)49-33-27-8-9-29-31(48-15-14-47-29)26(27)10-13-38-33/h5,7-10,13,22-25,28H,3-4,6,11-12,14-21H2,1-2H3,(H,39,43)(H,40,44)/b7-5-/t22-,23+,24?,25+,28-,36+/m0/s1.